The lowest BCUT2D eigenvalue weighted by Gasteiger charge is -2.11. The largest absolute Gasteiger partial charge is 0.506 e. The van der Waals surface area contributed by atoms with Gasteiger partial charge in [0.1, 0.15) is 11.6 Å². The molecule has 0 heterocycles. The van der Waals surface area contributed by atoms with Crippen LogP contribution in [-0.2, 0) is 10.0 Å². The lowest BCUT2D eigenvalue weighted by Crippen LogP contribution is -2.14. The number of rotatable bonds is 3. The number of hydrogen-bond donors (Lipinski definition) is 2. The topological polar surface area (TPSA) is 90.2 Å². The Balaban J connectivity index is 2.48. The van der Waals surface area contributed by atoms with Gasteiger partial charge in [0.25, 0.3) is 10.0 Å². The standard InChI is InChI=1S/C14H11FN2O3S/c1-9-2-3-10(8-16)6-14(9)21(19,20)17-12-7-11(15)4-5-13(12)18/h2-7,17-18H,1H3. The highest BCUT2D eigenvalue weighted by atomic mass is 32.2. The van der Waals surface area contributed by atoms with Crippen molar-refractivity contribution in [3.05, 3.63) is 53.3 Å². The normalized spacial score (nSPS) is 10.9. The fourth-order valence-electron chi connectivity index (χ4n) is 1.75. The van der Waals surface area contributed by atoms with Gasteiger partial charge in [0.2, 0.25) is 0 Å². The fourth-order valence-corrected chi connectivity index (χ4v) is 3.09. The van der Waals surface area contributed by atoms with Crippen LogP contribution in [-0.4, -0.2) is 13.5 Å². The molecule has 0 saturated heterocycles. The molecule has 0 radical (unpaired) electrons. The van der Waals surface area contributed by atoms with Crippen LogP contribution >= 0.6 is 0 Å². The Bertz CT molecular complexity index is 842. The summed E-state index contributed by atoms with van der Waals surface area (Å²) in [5, 5.41) is 18.4. The highest BCUT2D eigenvalue weighted by Gasteiger charge is 2.19. The quantitative estimate of drug-likeness (QED) is 0.853. The van der Waals surface area contributed by atoms with Crippen molar-refractivity contribution in [2.45, 2.75) is 11.8 Å². The van der Waals surface area contributed by atoms with Crippen LogP contribution in [0.3, 0.4) is 0 Å². The second-order valence-electron chi connectivity index (χ2n) is 4.36. The smallest absolute Gasteiger partial charge is 0.262 e. The minimum atomic E-state index is -4.04. The van der Waals surface area contributed by atoms with E-state index in [4.69, 9.17) is 5.26 Å². The third-order valence-electron chi connectivity index (χ3n) is 2.81. The number of phenolic OH excluding ortho intramolecular Hbond substituents is 1. The average molecular weight is 306 g/mol. The van der Waals surface area contributed by atoms with Gasteiger partial charge < -0.3 is 5.11 Å². The van der Waals surface area contributed by atoms with Gasteiger partial charge in [-0.1, -0.05) is 6.07 Å². The monoisotopic (exact) mass is 306 g/mol. The Hall–Kier alpha value is -2.59. The molecule has 108 valence electrons. The van der Waals surface area contributed by atoms with Gasteiger partial charge >= 0.3 is 0 Å². The van der Waals surface area contributed by atoms with Crippen LogP contribution in [0.1, 0.15) is 11.1 Å². The van der Waals surface area contributed by atoms with E-state index in [2.05, 4.69) is 4.72 Å². The van der Waals surface area contributed by atoms with Crippen LogP contribution in [0.5, 0.6) is 5.75 Å². The zero-order chi connectivity index (χ0) is 15.6. The minimum absolute atomic E-state index is 0.106. The van der Waals surface area contributed by atoms with Crippen LogP contribution in [0, 0.1) is 24.1 Å². The molecule has 21 heavy (non-hydrogen) atoms. The Labute approximate surface area is 121 Å². The van der Waals surface area contributed by atoms with E-state index >= 15 is 0 Å². The van der Waals surface area contributed by atoms with E-state index < -0.39 is 21.6 Å². The van der Waals surface area contributed by atoms with Gasteiger partial charge in [-0.05, 0) is 36.8 Å². The molecular formula is C14H11FN2O3S. The maximum Gasteiger partial charge on any atom is 0.262 e. The summed E-state index contributed by atoms with van der Waals surface area (Å²) in [6, 6.07) is 8.99. The fraction of sp³-hybridized carbons (Fsp3) is 0.0714. The lowest BCUT2D eigenvalue weighted by atomic mass is 10.2. The van der Waals surface area contributed by atoms with Crippen molar-refractivity contribution < 1.29 is 17.9 Å². The van der Waals surface area contributed by atoms with E-state index in [0.717, 1.165) is 18.2 Å². The number of benzene rings is 2. The summed E-state index contributed by atoms with van der Waals surface area (Å²) in [5.41, 5.74) is 0.346. The number of nitriles is 1. The second kappa shape index (κ2) is 5.42. The predicted octanol–water partition coefficient (Wildman–Crippen LogP) is 2.51. The molecule has 2 rings (SSSR count). The number of nitrogens with one attached hydrogen (secondary N) is 1. The van der Waals surface area contributed by atoms with Gasteiger partial charge in [-0.15, -0.1) is 0 Å². The van der Waals surface area contributed by atoms with Crippen molar-refractivity contribution in [3.63, 3.8) is 0 Å². The number of halogens is 1. The van der Waals surface area contributed by atoms with Gasteiger partial charge in [0.05, 0.1) is 22.2 Å². The third-order valence-corrected chi connectivity index (χ3v) is 4.32. The first-order valence-corrected chi connectivity index (χ1v) is 7.34. The van der Waals surface area contributed by atoms with Crippen LogP contribution in [0.25, 0.3) is 0 Å². The van der Waals surface area contributed by atoms with Crippen LogP contribution in [0.2, 0.25) is 0 Å². The summed E-state index contributed by atoms with van der Waals surface area (Å²) in [4.78, 5) is -0.106. The zero-order valence-electron chi connectivity index (χ0n) is 11.0. The molecule has 0 spiro atoms. The van der Waals surface area contributed by atoms with E-state index in [1.165, 1.54) is 18.2 Å². The summed E-state index contributed by atoms with van der Waals surface area (Å²) in [7, 11) is -4.04. The number of nitrogens with zero attached hydrogens (tertiary/aromatic N) is 1. The Morgan fingerprint density at radius 1 is 1.24 bits per heavy atom. The molecule has 0 aliphatic rings. The maximum absolute atomic E-state index is 13.1. The van der Waals surface area contributed by atoms with Crippen molar-refractivity contribution in [1.29, 1.82) is 5.26 Å². The van der Waals surface area contributed by atoms with E-state index in [1.54, 1.807) is 6.92 Å². The van der Waals surface area contributed by atoms with Gasteiger partial charge in [-0.25, -0.2) is 12.8 Å². The van der Waals surface area contributed by atoms with Crippen molar-refractivity contribution in [3.8, 4) is 11.8 Å². The molecule has 2 N–H and O–H groups in total. The van der Waals surface area contributed by atoms with E-state index in [9.17, 15) is 17.9 Å². The summed E-state index contributed by atoms with van der Waals surface area (Å²) >= 11 is 0. The molecular weight excluding hydrogens is 295 g/mol. The highest BCUT2D eigenvalue weighted by Crippen LogP contribution is 2.27. The predicted molar refractivity (Wildman–Crippen MR) is 74.8 cm³/mol. The molecule has 5 nitrogen and oxygen atoms in total. The van der Waals surface area contributed by atoms with E-state index in [-0.39, 0.29) is 16.1 Å². The summed E-state index contributed by atoms with van der Waals surface area (Å²) in [5.74, 6) is -1.08. The number of hydrogen-bond acceptors (Lipinski definition) is 4. The van der Waals surface area contributed by atoms with Gasteiger partial charge in [0, 0.05) is 6.07 Å². The number of sulfonamides is 1. The molecule has 0 aromatic heterocycles. The molecule has 0 aliphatic heterocycles. The molecule has 0 unspecified atom stereocenters. The first-order chi connectivity index (χ1) is 9.83. The molecule has 2 aromatic rings. The molecule has 0 aliphatic carbocycles. The molecule has 2 aromatic carbocycles. The van der Waals surface area contributed by atoms with Crippen LogP contribution < -0.4 is 4.72 Å². The van der Waals surface area contributed by atoms with Crippen LogP contribution in [0.15, 0.2) is 41.3 Å². The molecule has 7 heteroatoms. The first-order valence-electron chi connectivity index (χ1n) is 5.85. The highest BCUT2D eigenvalue weighted by molar-refractivity contribution is 7.92. The Morgan fingerprint density at radius 3 is 2.62 bits per heavy atom. The Morgan fingerprint density at radius 2 is 1.95 bits per heavy atom. The zero-order valence-corrected chi connectivity index (χ0v) is 11.8. The second-order valence-corrected chi connectivity index (χ2v) is 6.01. The van der Waals surface area contributed by atoms with E-state index in [0.29, 0.717) is 5.56 Å². The maximum atomic E-state index is 13.1. The third kappa shape index (κ3) is 3.12. The molecule has 0 atom stereocenters. The van der Waals surface area contributed by atoms with Crippen molar-refractivity contribution in [1.82, 2.24) is 0 Å². The molecule has 0 amide bonds. The number of phenols is 1. The van der Waals surface area contributed by atoms with Gasteiger partial charge in [0.15, 0.2) is 0 Å². The molecule has 0 saturated carbocycles. The summed E-state index contributed by atoms with van der Waals surface area (Å²) < 4.78 is 39.8. The van der Waals surface area contributed by atoms with Crippen molar-refractivity contribution >= 4 is 15.7 Å². The number of aromatic hydroxyl groups is 1. The average Bonchev–Trinajstić information content (AvgIpc) is 2.43. The first kappa shape index (κ1) is 14.8. The summed E-state index contributed by atoms with van der Waals surface area (Å²) in [6.45, 7) is 1.57. The van der Waals surface area contributed by atoms with Crippen LogP contribution in [0.4, 0.5) is 10.1 Å². The molecule has 0 bridgehead atoms. The van der Waals surface area contributed by atoms with Crippen molar-refractivity contribution in [2.75, 3.05) is 4.72 Å². The van der Waals surface area contributed by atoms with Crippen molar-refractivity contribution in [2.24, 2.45) is 0 Å². The number of anilines is 1. The number of aryl methyl sites for hydroxylation is 1. The summed E-state index contributed by atoms with van der Waals surface area (Å²) in [6.07, 6.45) is 0. The minimum Gasteiger partial charge on any atom is -0.506 e. The van der Waals surface area contributed by atoms with Gasteiger partial charge in [-0.2, -0.15) is 5.26 Å². The van der Waals surface area contributed by atoms with Gasteiger partial charge in [-0.3, -0.25) is 4.72 Å². The SMILES string of the molecule is Cc1ccc(C#N)cc1S(=O)(=O)Nc1cc(F)ccc1O. The van der Waals surface area contributed by atoms with E-state index in [1.807, 2.05) is 6.07 Å². The lowest BCUT2D eigenvalue weighted by molar-refractivity contribution is 0.475. The Kier molecular flexibility index (Phi) is 3.82. The molecule has 0 fully saturated rings.